The topological polar surface area (TPSA) is 113 Å². The number of hydrogen-bond acceptors (Lipinski definition) is 6. The zero-order valence-corrected chi connectivity index (χ0v) is 19.3. The summed E-state index contributed by atoms with van der Waals surface area (Å²) in [5.74, 6) is -2.86. The molecule has 1 N–H and O–H groups in total. The van der Waals surface area contributed by atoms with Gasteiger partial charge in [0.2, 0.25) is 17.7 Å². The highest BCUT2D eigenvalue weighted by molar-refractivity contribution is 6.32. The minimum Gasteiger partial charge on any atom is -0.324 e. The SMILES string of the molecule is Cc1ccc([N+](=O)[O-])cc1N1C(=O)[C@H]2[C@@H](C1=O)[C@]1(C(=O)Nc3c1ccc(Cl)c3C)N1CCC[C@@H]21. The molecule has 4 aliphatic heterocycles. The number of nitrogens with zero attached hydrogens (tertiary/aromatic N) is 3. The summed E-state index contributed by atoms with van der Waals surface area (Å²) >= 11 is 6.32. The third-order valence-electron chi connectivity index (χ3n) is 8.01. The molecule has 2 aromatic rings. The molecule has 3 fully saturated rings. The average molecular weight is 481 g/mol. The molecule has 0 saturated carbocycles. The van der Waals surface area contributed by atoms with Gasteiger partial charge < -0.3 is 5.32 Å². The summed E-state index contributed by atoms with van der Waals surface area (Å²) in [6, 6.07) is 7.37. The van der Waals surface area contributed by atoms with Crippen molar-refractivity contribution in [2.24, 2.45) is 11.8 Å². The lowest BCUT2D eigenvalue weighted by atomic mass is 9.75. The average Bonchev–Trinajstić information content (AvgIpc) is 3.50. The molecule has 0 radical (unpaired) electrons. The lowest BCUT2D eigenvalue weighted by Gasteiger charge is -2.36. The Morgan fingerprint density at radius 2 is 1.91 bits per heavy atom. The van der Waals surface area contributed by atoms with Crippen LogP contribution in [-0.2, 0) is 19.9 Å². The molecule has 3 amide bonds. The van der Waals surface area contributed by atoms with E-state index in [4.69, 9.17) is 11.6 Å². The maximum atomic E-state index is 14.0. The minimum atomic E-state index is -1.31. The van der Waals surface area contributed by atoms with Crippen molar-refractivity contribution in [3.8, 4) is 0 Å². The number of fused-ring (bicyclic) bond motifs is 7. The highest BCUT2D eigenvalue weighted by Gasteiger charge is 2.74. The first kappa shape index (κ1) is 21.2. The lowest BCUT2D eigenvalue weighted by Crippen LogP contribution is -2.54. The fourth-order valence-corrected chi connectivity index (χ4v) is 6.74. The normalized spacial score (nSPS) is 29.6. The molecule has 0 unspecified atom stereocenters. The second-order valence-corrected chi connectivity index (χ2v) is 9.87. The number of carbonyl (C=O) groups is 3. The van der Waals surface area contributed by atoms with E-state index in [9.17, 15) is 24.5 Å². The Kier molecular flexibility index (Phi) is 4.29. The summed E-state index contributed by atoms with van der Waals surface area (Å²) in [5, 5.41) is 14.8. The molecule has 1 spiro atoms. The summed E-state index contributed by atoms with van der Waals surface area (Å²) in [4.78, 5) is 55.5. The number of rotatable bonds is 2. The number of imide groups is 1. The fraction of sp³-hybridized carbons (Fsp3) is 0.375. The number of nitro benzene ring substituents is 1. The summed E-state index contributed by atoms with van der Waals surface area (Å²) < 4.78 is 0. The van der Waals surface area contributed by atoms with Gasteiger partial charge >= 0.3 is 0 Å². The first-order valence-electron chi connectivity index (χ1n) is 11.2. The van der Waals surface area contributed by atoms with E-state index < -0.39 is 34.1 Å². The van der Waals surface area contributed by atoms with Crippen LogP contribution in [0.4, 0.5) is 17.1 Å². The molecule has 9 nitrogen and oxygen atoms in total. The van der Waals surface area contributed by atoms with Gasteiger partial charge in [-0.25, -0.2) is 4.90 Å². The molecule has 0 bridgehead atoms. The van der Waals surface area contributed by atoms with Crippen LogP contribution in [0.25, 0.3) is 0 Å². The van der Waals surface area contributed by atoms with E-state index in [1.165, 1.54) is 18.2 Å². The number of carbonyl (C=O) groups excluding carboxylic acids is 3. The van der Waals surface area contributed by atoms with Crippen LogP contribution in [0.2, 0.25) is 5.02 Å². The van der Waals surface area contributed by atoms with Crippen molar-refractivity contribution >= 4 is 46.4 Å². The predicted octanol–water partition coefficient (Wildman–Crippen LogP) is 3.30. The zero-order valence-electron chi connectivity index (χ0n) is 18.5. The largest absolute Gasteiger partial charge is 0.324 e. The number of nitrogens with one attached hydrogen (secondary N) is 1. The molecule has 10 heteroatoms. The van der Waals surface area contributed by atoms with Gasteiger partial charge in [-0.15, -0.1) is 0 Å². The monoisotopic (exact) mass is 480 g/mol. The standard InChI is InChI=1S/C24H21ClN4O5/c1-11-5-6-13(29(33)34)10-17(11)28-21(30)18-16-4-3-9-27(16)24(19(18)22(28)31)14-7-8-15(25)12(2)20(14)26-23(24)32/h5-8,10,16,18-19H,3-4,9H2,1-2H3,(H,26,32)/t16-,18+,19-,24+/m0/s1. The zero-order chi connectivity index (χ0) is 24.1. The van der Waals surface area contributed by atoms with Gasteiger partial charge in [0.15, 0.2) is 0 Å². The number of hydrogen-bond donors (Lipinski definition) is 1. The second kappa shape index (κ2) is 6.86. The third-order valence-corrected chi connectivity index (χ3v) is 8.42. The predicted molar refractivity (Wildman–Crippen MR) is 124 cm³/mol. The smallest absolute Gasteiger partial charge is 0.271 e. The number of amides is 3. The van der Waals surface area contributed by atoms with E-state index in [0.29, 0.717) is 40.4 Å². The Hall–Kier alpha value is -3.30. The lowest BCUT2D eigenvalue weighted by molar-refractivity contribution is -0.384. The van der Waals surface area contributed by atoms with Crippen LogP contribution in [0.3, 0.4) is 0 Å². The van der Waals surface area contributed by atoms with Crippen molar-refractivity contribution in [3.63, 3.8) is 0 Å². The molecular weight excluding hydrogens is 460 g/mol. The van der Waals surface area contributed by atoms with Crippen LogP contribution in [0.15, 0.2) is 30.3 Å². The summed E-state index contributed by atoms with van der Waals surface area (Å²) in [5.41, 5.74) is 1.22. The van der Waals surface area contributed by atoms with Crippen molar-refractivity contribution < 1.29 is 19.3 Å². The second-order valence-electron chi connectivity index (χ2n) is 9.46. The van der Waals surface area contributed by atoms with Gasteiger partial charge in [0.1, 0.15) is 5.54 Å². The Bertz CT molecular complexity index is 1340. The summed E-state index contributed by atoms with van der Waals surface area (Å²) in [6.45, 7) is 4.12. The number of non-ortho nitro benzene ring substituents is 1. The van der Waals surface area contributed by atoms with Crippen LogP contribution < -0.4 is 10.2 Å². The van der Waals surface area contributed by atoms with E-state index in [2.05, 4.69) is 5.32 Å². The van der Waals surface area contributed by atoms with E-state index in [1.54, 1.807) is 19.1 Å². The maximum absolute atomic E-state index is 14.0. The molecule has 4 atom stereocenters. The molecule has 174 valence electrons. The van der Waals surface area contributed by atoms with Crippen LogP contribution >= 0.6 is 11.6 Å². The van der Waals surface area contributed by atoms with Crippen LogP contribution in [-0.4, -0.2) is 40.1 Å². The van der Waals surface area contributed by atoms with Crippen molar-refractivity contribution in [1.82, 2.24) is 4.90 Å². The number of nitro groups is 1. The number of halogens is 1. The van der Waals surface area contributed by atoms with Crippen LogP contribution in [0.5, 0.6) is 0 Å². The van der Waals surface area contributed by atoms with Gasteiger partial charge in [-0.3, -0.25) is 29.4 Å². The molecule has 3 saturated heterocycles. The van der Waals surface area contributed by atoms with E-state index in [-0.39, 0.29) is 23.3 Å². The Balaban J connectivity index is 1.56. The molecule has 6 rings (SSSR count). The molecule has 4 heterocycles. The molecule has 34 heavy (non-hydrogen) atoms. The molecular formula is C24H21ClN4O5. The van der Waals surface area contributed by atoms with Gasteiger partial charge in [0.05, 0.1) is 28.1 Å². The van der Waals surface area contributed by atoms with E-state index in [1.807, 2.05) is 11.8 Å². The van der Waals surface area contributed by atoms with Gasteiger partial charge in [-0.1, -0.05) is 23.7 Å². The van der Waals surface area contributed by atoms with Crippen molar-refractivity contribution in [2.45, 2.75) is 38.3 Å². The Labute approximate surface area is 199 Å². The van der Waals surface area contributed by atoms with Crippen molar-refractivity contribution in [2.75, 3.05) is 16.8 Å². The first-order valence-corrected chi connectivity index (χ1v) is 11.6. The summed E-state index contributed by atoms with van der Waals surface area (Å²) in [7, 11) is 0. The minimum absolute atomic E-state index is 0.198. The first-order chi connectivity index (χ1) is 16.2. The molecule has 0 aromatic heterocycles. The molecule has 0 aliphatic carbocycles. The number of anilines is 2. The third kappa shape index (κ3) is 2.35. The Morgan fingerprint density at radius 3 is 2.65 bits per heavy atom. The highest BCUT2D eigenvalue weighted by atomic mass is 35.5. The maximum Gasteiger partial charge on any atom is 0.271 e. The van der Waals surface area contributed by atoms with Crippen LogP contribution in [0.1, 0.15) is 29.5 Å². The van der Waals surface area contributed by atoms with Gasteiger partial charge in [0, 0.05) is 28.8 Å². The van der Waals surface area contributed by atoms with Gasteiger partial charge in [-0.2, -0.15) is 0 Å². The van der Waals surface area contributed by atoms with Crippen LogP contribution in [0, 0.1) is 35.8 Å². The highest BCUT2D eigenvalue weighted by Crippen LogP contribution is 2.61. The summed E-state index contributed by atoms with van der Waals surface area (Å²) in [6.07, 6.45) is 1.50. The van der Waals surface area contributed by atoms with Crippen molar-refractivity contribution in [1.29, 1.82) is 0 Å². The van der Waals surface area contributed by atoms with E-state index >= 15 is 0 Å². The molecule has 4 aliphatic rings. The Morgan fingerprint density at radius 1 is 1.15 bits per heavy atom. The fourth-order valence-electron chi connectivity index (χ4n) is 6.58. The van der Waals surface area contributed by atoms with Gasteiger partial charge in [0.25, 0.3) is 5.69 Å². The van der Waals surface area contributed by atoms with Crippen molar-refractivity contribution in [3.05, 3.63) is 62.2 Å². The van der Waals surface area contributed by atoms with Gasteiger partial charge in [-0.05, 0) is 50.4 Å². The quantitative estimate of drug-likeness (QED) is 0.401. The number of aryl methyl sites for hydroxylation is 1. The number of benzene rings is 2. The molecule has 2 aromatic carbocycles. The van der Waals surface area contributed by atoms with E-state index in [0.717, 1.165) is 11.3 Å².